The highest BCUT2D eigenvalue weighted by Crippen LogP contribution is 2.41. The SMILES string of the molecule is CN(C)[C@@H]1CCN(CC(c2cccc(Cl)c2)C2(O)CCCCC2)C1.Cl.Cl. The summed E-state index contributed by atoms with van der Waals surface area (Å²) in [7, 11) is 4.33. The van der Waals surface area contributed by atoms with Crippen molar-refractivity contribution in [2.45, 2.75) is 56.1 Å². The van der Waals surface area contributed by atoms with Crippen LogP contribution in [0.3, 0.4) is 0 Å². The lowest BCUT2D eigenvalue weighted by molar-refractivity contribution is -0.0296. The molecule has 3 nitrogen and oxygen atoms in total. The molecule has 1 heterocycles. The first-order valence-electron chi connectivity index (χ1n) is 9.34. The largest absolute Gasteiger partial charge is 0.389 e. The highest BCUT2D eigenvalue weighted by atomic mass is 35.5. The van der Waals surface area contributed by atoms with E-state index in [1.165, 1.54) is 18.4 Å². The van der Waals surface area contributed by atoms with Gasteiger partial charge < -0.3 is 14.9 Å². The summed E-state index contributed by atoms with van der Waals surface area (Å²) < 4.78 is 0. The average molecular weight is 424 g/mol. The third kappa shape index (κ3) is 5.73. The maximum Gasteiger partial charge on any atom is 0.0728 e. The molecule has 0 spiro atoms. The van der Waals surface area contributed by atoms with E-state index in [-0.39, 0.29) is 30.7 Å². The number of rotatable bonds is 5. The van der Waals surface area contributed by atoms with Crippen molar-refractivity contribution in [2.24, 2.45) is 0 Å². The zero-order valence-corrected chi connectivity index (χ0v) is 18.3. The van der Waals surface area contributed by atoms with Crippen molar-refractivity contribution >= 4 is 36.4 Å². The zero-order chi connectivity index (χ0) is 17.2. The summed E-state index contributed by atoms with van der Waals surface area (Å²) in [5, 5.41) is 12.2. The van der Waals surface area contributed by atoms with Crippen LogP contribution in [0.4, 0.5) is 0 Å². The highest BCUT2D eigenvalue weighted by molar-refractivity contribution is 6.30. The van der Waals surface area contributed by atoms with Crippen LogP contribution in [0.25, 0.3) is 0 Å². The van der Waals surface area contributed by atoms with Crippen molar-refractivity contribution in [3.8, 4) is 0 Å². The van der Waals surface area contributed by atoms with Gasteiger partial charge in [-0.3, -0.25) is 0 Å². The Balaban J connectivity index is 0.00000169. The van der Waals surface area contributed by atoms with Crippen LogP contribution in [0, 0.1) is 0 Å². The van der Waals surface area contributed by atoms with Crippen LogP contribution in [0.15, 0.2) is 24.3 Å². The number of halogens is 3. The minimum Gasteiger partial charge on any atom is -0.389 e. The number of hydrogen-bond donors (Lipinski definition) is 1. The molecule has 1 aromatic rings. The molecule has 6 heteroatoms. The second-order valence-corrected chi connectivity index (χ2v) is 8.37. The van der Waals surface area contributed by atoms with Gasteiger partial charge in [-0.1, -0.05) is 43.0 Å². The molecule has 0 aromatic heterocycles. The lowest BCUT2D eigenvalue weighted by Gasteiger charge is -2.41. The van der Waals surface area contributed by atoms with E-state index in [0.29, 0.717) is 6.04 Å². The number of hydrogen-bond acceptors (Lipinski definition) is 3. The Bertz CT molecular complexity index is 550. The Kier molecular flexibility index (Phi) is 9.69. The van der Waals surface area contributed by atoms with Crippen LogP contribution in [0.5, 0.6) is 0 Å². The second kappa shape index (κ2) is 10.5. The van der Waals surface area contributed by atoms with Gasteiger partial charge in [0.15, 0.2) is 0 Å². The normalized spacial score (nSPS) is 24.0. The number of nitrogens with zero attached hydrogens (tertiary/aromatic N) is 2. The van der Waals surface area contributed by atoms with Crippen molar-refractivity contribution in [1.82, 2.24) is 9.80 Å². The Morgan fingerprint density at radius 3 is 2.50 bits per heavy atom. The van der Waals surface area contributed by atoms with Gasteiger partial charge in [-0.25, -0.2) is 0 Å². The maximum atomic E-state index is 11.4. The lowest BCUT2D eigenvalue weighted by Crippen LogP contribution is -2.44. The molecular weight excluding hydrogens is 391 g/mol. The molecule has 150 valence electrons. The first-order valence-corrected chi connectivity index (χ1v) is 9.72. The Morgan fingerprint density at radius 2 is 1.92 bits per heavy atom. The quantitative estimate of drug-likeness (QED) is 0.750. The van der Waals surface area contributed by atoms with Gasteiger partial charge in [-0.2, -0.15) is 0 Å². The lowest BCUT2D eigenvalue weighted by atomic mass is 9.72. The molecule has 2 atom stereocenters. The van der Waals surface area contributed by atoms with E-state index >= 15 is 0 Å². The van der Waals surface area contributed by atoms with E-state index in [0.717, 1.165) is 50.3 Å². The van der Waals surface area contributed by atoms with Gasteiger partial charge >= 0.3 is 0 Å². The summed E-state index contributed by atoms with van der Waals surface area (Å²) in [5.74, 6) is 0.150. The van der Waals surface area contributed by atoms with Gasteiger partial charge in [-0.15, -0.1) is 24.8 Å². The van der Waals surface area contributed by atoms with Gasteiger partial charge in [0.05, 0.1) is 5.60 Å². The van der Waals surface area contributed by atoms with Gasteiger partial charge in [0.25, 0.3) is 0 Å². The van der Waals surface area contributed by atoms with Gasteiger partial charge in [0.2, 0.25) is 0 Å². The van der Waals surface area contributed by atoms with Crippen LogP contribution in [-0.2, 0) is 0 Å². The molecule has 1 aliphatic carbocycles. The van der Waals surface area contributed by atoms with Crippen LogP contribution < -0.4 is 0 Å². The third-order valence-electron chi connectivity index (χ3n) is 6.04. The summed E-state index contributed by atoms with van der Waals surface area (Å²) in [6.45, 7) is 3.15. The predicted octanol–water partition coefficient (Wildman–Crippen LogP) is 4.60. The van der Waals surface area contributed by atoms with E-state index < -0.39 is 5.60 Å². The number of aliphatic hydroxyl groups is 1. The van der Waals surface area contributed by atoms with Crippen molar-refractivity contribution < 1.29 is 5.11 Å². The van der Waals surface area contributed by atoms with Crippen molar-refractivity contribution in [1.29, 1.82) is 0 Å². The minimum absolute atomic E-state index is 0. The molecule has 2 aliphatic rings. The molecule has 2 fully saturated rings. The summed E-state index contributed by atoms with van der Waals surface area (Å²) in [5.41, 5.74) is 0.610. The maximum absolute atomic E-state index is 11.4. The third-order valence-corrected chi connectivity index (χ3v) is 6.27. The molecule has 1 aromatic carbocycles. The van der Waals surface area contributed by atoms with E-state index in [9.17, 15) is 5.11 Å². The molecule has 0 radical (unpaired) electrons. The molecular formula is C20H33Cl3N2O. The topological polar surface area (TPSA) is 26.7 Å². The van der Waals surface area contributed by atoms with Crippen LogP contribution in [-0.4, -0.2) is 60.3 Å². The molecule has 26 heavy (non-hydrogen) atoms. The van der Waals surface area contributed by atoms with E-state index in [1.54, 1.807) is 0 Å². The van der Waals surface area contributed by atoms with Crippen LogP contribution >= 0.6 is 36.4 Å². The molecule has 1 N–H and O–H groups in total. The van der Waals surface area contributed by atoms with Gasteiger partial charge in [-0.05, 0) is 57.6 Å². The van der Waals surface area contributed by atoms with E-state index in [2.05, 4.69) is 36.0 Å². The first-order chi connectivity index (χ1) is 11.5. The minimum atomic E-state index is -0.584. The summed E-state index contributed by atoms with van der Waals surface area (Å²) in [6.07, 6.45) is 6.55. The summed E-state index contributed by atoms with van der Waals surface area (Å²) >= 11 is 6.25. The fourth-order valence-corrected chi connectivity index (χ4v) is 4.68. The number of benzene rings is 1. The molecule has 1 unspecified atom stereocenters. The molecule has 0 bridgehead atoms. The molecule has 1 aliphatic heterocycles. The summed E-state index contributed by atoms with van der Waals surface area (Å²) in [4.78, 5) is 4.85. The Hall–Kier alpha value is -0.0300. The first kappa shape index (κ1) is 24.0. The molecule has 1 saturated heterocycles. The molecule has 3 rings (SSSR count). The fourth-order valence-electron chi connectivity index (χ4n) is 4.48. The van der Waals surface area contributed by atoms with E-state index in [1.807, 2.05) is 12.1 Å². The van der Waals surface area contributed by atoms with Crippen molar-refractivity contribution in [2.75, 3.05) is 33.7 Å². The molecule has 1 saturated carbocycles. The van der Waals surface area contributed by atoms with Crippen LogP contribution in [0.1, 0.15) is 50.0 Å². The monoisotopic (exact) mass is 422 g/mol. The summed E-state index contributed by atoms with van der Waals surface area (Å²) in [6, 6.07) is 8.76. The standard InChI is InChI=1S/C20H31ClN2O.2ClH/c1-22(2)18-9-12-23(14-18)15-19(16-7-6-8-17(21)13-16)20(24)10-4-3-5-11-20;;/h6-8,13,18-19,24H,3-5,9-12,14-15H2,1-2H3;2*1H/t18-,19?;;/m1../s1. The van der Waals surface area contributed by atoms with Gasteiger partial charge in [0.1, 0.15) is 0 Å². The smallest absolute Gasteiger partial charge is 0.0728 e. The number of likely N-dealkylation sites (tertiary alicyclic amines) is 1. The highest BCUT2D eigenvalue weighted by Gasteiger charge is 2.40. The zero-order valence-electron chi connectivity index (χ0n) is 15.9. The number of likely N-dealkylation sites (N-methyl/N-ethyl adjacent to an activating group) is 1. The van der Waals surface area contributed by atoms with Crippen molar-refractivity contribution in [3.63, 3.8) is 0 Å². The predicted molar refractivity (Wildman–Crippen MR) is 115 cm³/mol. The second-order valence-electron chi connectivity index (χ2n) is 7.94. The average Bonchev–Trinajstić information content (AvgIpc) is 3.02. The van der Waals surface area contributed by atoms with E-state index in [4.69, 9.17) is 11.6 Å². The van der Waals surface area contributed by atoms with Crippen LogP contribution in [0.2, 0.25) is 5.02 Å². The Morgan fingerprint density at radius 1 is 1.23 bits per heavy atom. The fraction of sp³-hybridized carbons (Fsp3) is 0.700. The Labute approximate surface area is 175 Å². The van der Waals surface area contributed by atoms with Crippen molar-refractivity contribution in [3.05, 3.63) is 34.9 Å². The molecule has 0 amide bonds. The van der Waals surface area contributed by atoms with Gasteiger partial charge in [0, 0.05) is 30.1 Å².